The quantitative estimate of drug-likeness (QED) is 0.691. The third-order valence-corrected chi connectivity index (χ3v) is 3.37. The molecule has 0 radical (unpaired) electrons. The van der Waals surface area contributed by atoms with Crippen LogP contribution in [0.2, 0.25) is 0 Å². The van der Waals surface area contributed by atoms with Crippen molar-refractivity contribution in [3.05, 3.63) is 0 Å². The first-order valence-electron chi connectivity index (χ1n) is 4.78. The van der Waals surface area contributed by atoms with Gasteiger partial charge in [-0.3, -0.25) is 4.79 Å². The van der Waals surface area contributed by atoms with Crippen LogP contribution < -0.4 is 0 Å². The SMILES string of the molecule is CS(=O)(=O)CCCC(=O)C(O)C1CC1. The average Bonchev–Trinajstić information content (AvgIpc) is 2.82. The third kappa shape index (κ3) is 4.19. The maximum Gasteiger partial charge on any atom is 0.161 e. The van der Waals surface area contributed by atoms with Crippen LogP contribution >= 0.6 is 0 Å². The van der Waals surface area contributed by atoms with Gasteiger partial charge in [0.15, 0.2) is 5.78 Å². The summed E-state index contributed by atoms with van der Waals surface area (Å²) in [6.45, 7) is 0. The van der Waals surface area contributed by atoms with Crippen molar-refractivity contribution < 1.29 is 18.3 Å². The summed E-state index contributed by atoms with van der Waals surface area (Å²) in [6, 6.07) is 0. The molecule has 5 heteroatoms. The lowest BCUT2D eigenvalue weighted by Crippen LogP contribution is -2.22. The number of aliphatic hydroxyl groups is 1. The molecule has 0 spiro atoms. The van der Waals surface area contributed by atoms with Crippen molar-refractivity contribution in [2.45, 2.75) is 31.8 Å². The standard InChI is InChI=1S/C9H16O4S/c1-14(12,13)6-2-3-8(10)9(11)7-4-5-7/h7,9,11H,2-6H2,1H3. The minimum Gasteiger partial charge on any atom is -0.385 e. The van der Waals surface area contributed by atoms with E-state index in [-0.39, 0.29) is 23.9 Å². The molecule has 82 valence electrons. The number of sulfone groups is 1. The van der Waals surface area contributed by atoms with Crippen molar-refractivity contribution in [3.8, 4) is 0 Å². The lowest BCUT2D eigenvalue weighted by atomic mass is 10.1. The second-order valence-electron chi connectivity index (χ2n) is 3.98. The van der Waals surface area contributed by atoms with E-state index in [4.69, 9.17) is 0 Å². The Morgan fingerprint density at radius 3 is 2.50 bits per heavy atom. The monoisotopic (exact) mass is 220 g/mol. The number of carbonyl (C=O) groups excluding carboxylic acids is 1. The van der Waals surface area contributed by atoms with Gasteiger partial charge in [-0.2, -0.15) is 0 Å². The first-order chi connectivity index (χ1) is 6.40. The number of hydrogen-bond acceptors (Lipinski definition) is 4. The van der Waals surface area contributed by atoms with Crippen LogP contribution in [0.25, 0.3) is 0 Å². The molecule has 1 aliphatic carbocycles. The Morgan fingerprint density at radius 2 is 2.07 bits per heavy atom. The molecule has 0 aromatic heterocycles. The fraction of sp³-hybridized carbons (Fsp3) is 0.889. The molecule has 0 bridgehead atoms. The van der Waals surface area contributed by atoms with Crippen LogP contribution in [0.15, 0.2) is 0 Å². The van der Waals surface area contributed by atoms with Gasteiger partial charge < -0.3 is 5.11 Å². The van der Waals surface area contributed by atoms with E-state index < -0.39 is 15.9 Å². The molecule has 0 aliphatic heterocycles. The summed E-state index contributed by atoms with van der Waals surface area (Å²) in [7, 11) is -2.98. The van der Waals surface area contributed by atoms with E-state index in [9.17, 15) is 18.3 Å². The van der Waals surface area contributed by atoms with Crippen molar-refractivity contribution in [3.63, 3.8) is 0 Å². The summed E-state index contributed by atoms with van der Waals surface area (Å²) in [5, 5.41) is 9.39. The molecule has 1 N–H and O–H groups in total. The molecule has 1 rings (SSSR count). The number of ketones is 1. The summed E-state index contributed by atoms with van der Waals surface area (Å²) < 4.78 is 21.5. The molecule has 0 aromatic rings. The Balaban J connectivity index is 2.20. The number of Topliss-reactive ketones (excluding diaryl/α,β-unsaturated/α-hetero) is 1. The highest BCUT2D eigenvalue weighted by molar-refractivity contribution is 7.90. The maximum absolute atomic E-state index is 11.3. The Kier molecular flexibility index (Phi) is 3.66. The zero-order valence-electron chi connectivity index (χ0n) is 8.27. The fourth-order valence-corrected chi connectivity index (χ4v) is 2.00. The molecule has 4 nitrogen and oxygen atoms in total. The Bertz CT molecular complexity index is 303. The fourth-order valence-electron chi connectivity index (χ4n) is 1.33. The van der Waals surface area contributed by atoms with Crippen LogP contribution in [0.4, 0.5) is 0 Å². The van der Waals surface area contributed by atoms with E-state index >= 15 is 0 Å². The molecule has 0 heterocycles. The molecule has 0 amide bonds. The van der Waals surface area contributed by atoms with E-state index in [0.29, 0.717) is 6.42 Å². The van der Waals surface area contributed by atoms with Crippen molar-refractivity contribution in [1.82, 2.24) is 0 Å². The molecule has 1 aliphatic rings. The van der Waals surface area contributed by atoms with Gasteiger partial charge in [0.2, 0.25) is 0 Å². The van der Waals surface area contributed by atoms with Gasteiger partial charge in [-0.05, 0) is 25.2 Å². The number of rotatable bonds is 6. The van der Waals surface area contributed by atoms with E-state index in [1.165, 1.54) is 0 Å². The predicted molar refractivity (Wildman–Crippen MR) is 52.7 cm³/mol. The van der Waals surface area contributed by atoms with Crippen molar-refractivity contribution >= 4 is 15.6 Å². The largest absolute Gasteiger partial charge is 0.385 e. The molecule has 1 fully saturated rings. The predicted octanol–water partition coefficient (Wildman–Crippen LogP) is 0.151. The maximum atomic E-state index is 11.3. The summed E-state index contributed by atoms with van der Waals surface area (Å²) in [6.07, 6.45) is 2.62. The zero-order valence-corrected chi connectivity index (χ0v) is 9.09. The van der Waals surface area contributed by atoms with Gasteiger partial charge in [-0.1, -0.05) is 0 Å². The van der Waals surface area contributed by atoms with Crippen LogP contribution in [-0.2, 0) is 14.6 Å². The molecular formula is C9H16O4S. The summed E-state index contributed by atoms with van der Waals surface area (Å²) in [4.78, 5) is 11.3. The summed E-state index contributed by atoms with van der Waals surface area (Å²) >= 11 is 0. The topological polar surface area (TPSA) is 71.4 Å². The van der Waals surface area contributed by atoms with E-state index in [0.717, 1.165) is 19.1 Å². The van der Waals surface area contributed by atoms with Gasteiger partial charge in [0, 0.05) is 12.7 Å². The molecular weight excluding hydrogens is 204 g/mol. The second-order valence-corrected chi connectivity index (χ2v) is 6.24. The number of aliphatic hydroxyl groups excluding tert-OH is 1. The van der Waals surface area contributed by atoms with Gasteiger partial charge in [0.05, 0.1) is 5.75 Å². The van der Waals surface area contributed by atoms with E-state index in [1.54, 1.807) is 0 Å². The van der Waals surface area contributed by atoms with Crippen LogP contribution in [0.5, 0.6) is 0 Å². The molecule has 1 unspecified atom stereocenters. The lowest BCUT2D eigenvalue weighted by molar-refractivity contribution is -0.128. The average molecular weight is 220 g/mol. The normalized spacial score (nSPS) is 19.3. The Labute approximate surface area is 84.2 Å². The minimum atomic E-state index is -2.98. The van der Waals surface area contributed by atoms with Crippen molar-refractivity contribution in [1.29, 1.82) is 0 Å². The second kappa shape index (κ2) is 4.40. The number of carbonyl (C=O) groups is 1. The molecule has 1 atom stereocenters. The Hall–Kier alpha value is -0.420. The van der Waals surface area contributed by atoms with Crippen molar-refractivity contribution in [2.24, 2.45) is 5.92 Å². The van der Waals surface area contributed by atoms with Crippen LogP contribution in [-0.4, -0.2) is 37.4 Å². The summed E-state index contributed by atoms with van der Waals surface area (Å²) in [5.74, 6) is -0.0484. The highest BCUT2D eigenvalue weighted by Crippen LogP contribution is 2.33. The van der Waals surface area contributed by atoms with Gasteiger partial charge in [-0.15, -0.1) is 0 Å². The summed E-state index contributed by atoms with van der Waals surface area (Å²) in [5.41, 5.74) is 0. The lowest BCUT2D eigenvalue weighted by Gasteiger charge is -2.06. The van der Waals surface area contributed by atoms with Gasteiger partial charge in [0.1, 0.15) is 15.9 Å². The number of hydrogen-bond donors (Lipinski definition) is 1. The van der Waals surface area contributed by atoms with E-state index in [1.807, 2.05) is 0 Å². The molecule has 0 saturated heterocycles. The van der Waals surface area contributed by atoms with Gasteiger partial charge >= 0.3 is 0 Å². The highest BCUT2D eigenvalue weighted by atomic mass is 32.2. The van der Waals surface area contributed by atoms with Gasteiger partial charge in [0.25, 0.3) is 0 Å². The van der Waals surface area contributed by atoms with Crippen LogP contribution in [0.3, 0.4) is 0 Å². The highest BCUT2D eigenvalue weighted by Gasteiger charge is 2.33. The van der Waals surface area contributed by atoms with Crippen LogP contribution in [0.1, 0.15) is 25.7 Å². The molecule has 0 aromatic carbocycles. The first-order valence-corrected chi connectivity index (χ1v) is 6.85. The van der Waals surface area contributed by atoms with Crippen molar-refractivity contribution in [2.75, 3.05) is 12.0 Å². The smallest absolute Gasteiger partial charge is 0.161 e. The third-order valence-electron chi connectivity index (χ3n) is 2.34. The minimum absolute atomic E-state index is 0.0239. The van der Waals surface area contributed by atoms with E-state index in [2.05, 4.69) is 0 Å². The first kappa shape index (κ1) is 11.7. The zero-order chi connectivity index (χ0) is 10.8. The van der Waals surface area contributed by atoms with Gasteiger partial charge in [-0.25, -0.2) is 8.42 Å². The van der Waals surface area contributed by atoms with Crippen LogP contribution in [0, 0.1) is 5.92 Å². The molecule has 14 heavy (non-hydrogen) atoms. The molecule has 1 saturated carbocycles. The Morgan fingerprint density at radius 1 is 1.50 bits per heavy atom.